The number of nitrogens with one attached hydrogen (secondary N) is 1. The molecular formula is C17H22N2O. The molecule has 20 heavy (non-hydrogen) atoms. The lowest BCUT2D eigenvalue weighted by molar-refractivity contribution is 0.362. The lowest BCUT2D eigenvalue weighted by Gasteiger charge is -2.24. The molecule has 0 unspecified atom stereocenters. The number of nitrogens with zero attached hydrogens (tertiary/aromatic N) is 1. The third-order valence-electron chi connectivity index (χ3n) is 4.48. The molecule has 0 bridgehead atoms. The zero-order chi connectivity index (χ0) is 14.0. The van der Waals surface area contributed by atoms with Crippen molar-refractivity contribution in [2.75, 3.05) is 19.0 Å². The second-order valence-corrected chi connectivity index (χ2v) is 6.09. The Morgan fingerprint density at radius 3 is 2.75 bits per heavy atom. The van der Waals surface area contributed by atoms with Crippen molar-refractivity contribution in [1.82, 2.24) is 4.98 Å². The Bertz CT molecular complexity index is 603. The fourth-order valence-corrected chi connectivity index (χ4v) is 3.20. The van der Waals surface area contributed by atoms with E-state index >= 15 is 0 Å². The summed E-state index contributed by atoms with van der Waals surface area (Å²) in [5, 5.41) is 5.80. The normalized spacial score (nSPS) is 17.3. The topological polar surface area (TPSA) is 34.1 Å². The molecule has 1 fully saturated rings. The highest BCUT2D eigenvalue weighted by molar-refractivity contribution is 5.95. The third kappa shape index (κ3) is 2.45. The van der Waals surface area contributed by atoms with E-state index in [1.807, 2.05) is 24.4 Å². The second kappa shape index (κ2) is 5.31. The molecule has 1 N–H and O–H groups in total. The van der Waals surface area contributed by atoms with Crippen LogP contribution in [0.3, 0.4) is 0 Å². The van der Waals surface area contributed by atoms with Gasteiger partial charge in [0.2, 0.25) is 0 Å². The number of fused-ring (bicyclic) bond motifs is 1. The van der Waals surface area contributed by atoms with Gasteiger partial charge < -0.3 is 10.1 Å². The Balaban J connectivity index is 1.88. The second-order valence-electron chi connectivity index (χ2n) is 6.09. The molecule has 1 aliphatic rings. The first-order valence-electron chi connectivity index (χ1n) is 7.37. The number of hydrogen-bond donors (Lipinski definition) is 1. The largest absolute Gasteiger partial charge is 0.496 e. The highest BCUT2D eigenvalue weighted by atomic mass is 16.5. The standard InChI is InChI=1S/C17H22N2O/c1-17(9-3-4-10-17)12-19-16-14-6-5-7-15(20-2)13(14)8-11-18-16/h5-8,11H,3-4,9-10,12H2,1-2H3,(H,18,19). The fourth-order valence-electron chi connectivity index (χ4n) is 3.20. The molecule has 1 aromatic heterocycles. The number of hydrogen-bond acceptors (Lipinski definition) is 3. The van der Waals surface area contributed by atoms with Crippen LogP contribution in [-0.4, -0.2) is 18.6 Å². The number of benzene rings is 1. The molecule has 0 saturated heterocycles. The predicted molar refractivity (Wildman–Crippen MR) is 83.4 cm³/mol. The van der Waals surface area contributed by atoms with Gasteiger partial charge >= 0.3 is 0 Å². The van der Waals surface area contributed by atoms with E-state index in [9.17, 15) is 0 Å². The van der Waals surface area contributed by atoms with Crippen molar-refractivity contribution in [3.8, 4) is 5.75 Å². The van der Waals surface area contributed by atoms with Crippen molar-refractivity contribution >= 4 is 16.6 Å². The van der Waals surface area contributed by atoms with E-state index in [2.05, 4.69) is 23.3 Å². The molecule has 1 heterocycles. The summed E-state index contributed by atoms with van der Waals surface area (Å²) < 4.78 is 5.42. The van der Waals surface area contributed by atoms with Crippen LogP contribution in [0, 0.1) is 5.41 Å². The van der Waals surface area contributed by atoms with E-state index < -0.39 is 0 Å². The predicted octanol–water partition coefficient (Wildman–Crippen LogP) is 4.24. The molecule has 1 aromatic carbocycles. The van der Waals surface area contributed by atoms with E-state index in [4.69, 9.17) is 4.74 Å². The molecule has 3 nitrogen and oxygen atoms in total. The maximum Gasteiger partial charge on any atom is 0.133 e. The molecule has 1 aliphatic carbocycles. The molecule has 0 amide bonds. The van der Waals surface area contributed by atoms with E-state index in [1.54, 1.807) is 7.11 Å². The van der Waals surface area contributed by atoms with Gasteiger partial charge in [-0.15, -0.1) is 0 Å². The van der Waals surface area contributed by atoms with Crippen LogP contribution in [0.4, 0.5) is 5.82 Å². The van der Waals surface area contributed by atoms with Gasteiger partial charge in [-0.05, 0) is 30.4 Å². The minimum absolute atomic E-state index is 0.419. The lowest BCUT2D eigenvalue weighted by Crippen LogP contribution is -2.23. The van der Waals surface area contributed by atoms with Crippen molar-refractivity contribution in [2.24, 2.45) is 5.41 Å². The van der Waals surface area contributed by atoms with Crippen LogP contribution in [0.2, 0.25) is 0 Å². The van der Waals surface area contributed by atoms with Gasteiger partial charge in [-0.25, -0.2) is 4.98 Å². The SMILES string of the molecule is COc1cccc2c(NCC3(C)CCCC3)nccc12. The van der Waals surface area contributed by atoms with Crippen LogP contribution < -0.4 is 10.1 Å². The first-order chi connectivity index (χ1) is 9.72. The van der Waals surface area contributed by atoms with E-state index in [1.165, 1.54) is 25.7 Å². The van der Waals surface area contributed by atoms with Crippen molar-refractivity contribution in [1.29, 1.82) is 0 Å². The van der Waals surface area contributed by atoms with Gasteiger partial charge in [0.25, 0.3) is 0 Å². The summed E-state index contributed by atoms with van der Waals surface area (Å²) in [6.07, 6.45) is 7.19. The van der Waals surface area contributed by atoms with Gasteiger partial charge in [-0.1, -0.05) is 31.9 Å². The molecule has 0 radical (unpaired) electrons. The Morgan fingerprint density at radius 2 is 2.00 bits per heavy atom. The summed E-state index contributed by atoms with van der Waals surface area (Å²) in [7, 11) is 1.71. The number of pyridine rings is 1. The molecule has 1 saturated carbocycles. The smallest absolute Gasteiger partial charge is 0.133 e. The maximum atomic E-state index is 5.42. The van der Waals surface area contributed by atoms with Crippen LogP contribution in [-0.2, 0) is 0 Å². The highest BCUT2D eigenvalue weighted by Crippen LogP contribution is 2.38. The van der Waals surface area contributed by atoms with Crippen molar-refractivity contribution in [3.05, 3.63) is 30.5 Å². The summed E-state index contributed by atoms with van der Waals surface area (Å²) in [6, 6.07) is 8.12. The summed E-state index contributed by atoms with van der Waals surface area (Å²) in [4.78, 5) is 4.51. The number of ether oxygens (including phenoxy) is 1. The Kier molecular flexibility index (Phi) is 3.51. The van der Waals surface area contributed by atoms with Crippen LogP contribution in [0.15, 0.2) is 30.5 Å². The van der Waals surface area contributed by atoms with E-state index in [-0.39, 0.29) is 0 Å². The Morgan fingerprint density at radius 1 is 1.20 bits per heavy atom. The average Bonchev–Trinajstić information content (AvgIpc) is 2.91. The molecule has 106 valence electrons. The van der Waals surface area contributed by atoms with Crippen molar-refractivity contribution < 1.29 is 4.74 Å². The summed E-state index contributed by atoms with van der Waals surface area (Å²) in [6.45, 7) is 3.37. The van der Waals surface area contributed by atoms with Crippen molar-refractivity contribution in [2.45, 2.75) is 32.6 Å². The zero-order valence-electron chi connectivity index (χ0n) is 12.3. The Hall–Kier alpha value is -1.77. The van der Waals surface area contributed by atoms with Crippen LogP contribution in [0.25, 0.3) is 10.8 Å². The minimum Gasteiger partial charge on any atom is -0.496 e. The average molecular weight is 270 g/mol. The van der Waals surface area contributed by atoms with Gasteiger partial charge in [0.1, 0.15) is 11.6 Å². The first kappa shape index (κ1) is 13.2. The summed E-state index contributed by atoms with van der Waals surface area (Å²) in [5.41, 5.74) is 0.419. The van der Waals surface area contributed by atoms with E-state index in [0.29, 0.717) is 5.41 Å². The number of anilines is 1. The van der Waals surface area contributed by atoms with Crippen molar-refractivity contribution in [3.63, 3.8) is 0 Å². The van der Waals surface area contributed by atoms with Gasteiger partial charge in [-0.3, -0.25) is 0 Å². The third-order valence-corrected chi connectivity index (χ3v) is 4.48. The number of methoxy groups -OCH3 is 1. The monoisotopic (exact) mass is 270 g/mol. The van der Waals surface area contributed by atoms with E-state index in [0.717, 1.165) is 28.9 Å². The number of rotatable bonds is 4. The van der Waals surface area contributed by atoms with Gasteiger partial charge in [0.15, 0.2) is 0 Å². The molecule has 3 rings (SSSR count). The molecule has 3 heteroatoms. The first-order valence-corrected chi connectivity index (χ1v) is 7.37. The summed E-state index contributed by atoms with van der Waals surface area (Å²) >= 11 is 0. The zero-order valence-corrected chi connectivity index (χ0v) is 12.3. The lowest BCUT2D eigenvalue weighted by atomic mass is 9.89. The quantitative estimate of drug-likeness (QED) is 0.902. The molecule has 0 aliphatic heterocycles. The van der Waals surface area contributed by atoms with Gasteiger partial charge in [0.05, 0.1) is 7.11 Å². The molecule has 0 atom stereocenters. The fraction of sp³-hybridized carbons (Fsp3) is 0.471. The molecular weight excluding hydrogens is 248 g/mol. The van der Waals surface area contributed by atoms with Crippen LogP contribution in [0.5, 0.6) is 5.75 Å². The van der Waals surface area contributed by atoms with Crippen LogP contribution in [0.1, 0.15) is 32.6 Å². The van der Waals surface area contributed by atoms with Crippen LogP contribution >= 0.6 is 0 Å². The Labute approximate surface area is 120 Å². The summed E-state index contributed by atoms with van der Waals surface area (Å²) in [5.74, 6) is 1.87. The maximum absolute atomic E-state index is 5.42. The highest BCUT2D eigenvalue weighted by Gasteiger charge is 2.28. The number of aromatic nitrogens is 1. The molecule has 2 aromatic rings. The van der Waals surface area contributed by atoms with Gasteiger partial charge in [0, 0.05) is 23.5 Å². The molecule has 0 spiro atoms. The van der Waals surface area contributed by atoms with Gasteiger partial charge in [-0.2, -0.15) is 0 Å². The minimum atomic E-state index is 0.419.